The molecule has 0 spiro atoms. The standard InChI is InChI=1S/C18H26N2O5S/c1-13(18(22)23)14(2)19-17(21)16-9-6-10-20(11-16)26(24,25)12-15-7-4-3-5-8-15/h3-5,7-8,13-14,16H,6,9-12H2,1-2H3,(H,19,21)(H,22,23). The molecule has 0 aliphatic carbocycles. The maximum Gasteiger partial charge on any atom is 0.308 e. The van der Waals surface area contributed by atoms with E-state index >= 15 is 0 Å². The summed E-state index contributed by atoms with van der Waals surface area (Å²) in [6.45, 7) is 3.71. The molecule has 0 bridgehead atoms. The lowest BCUT2D eigenvalue weighted by Crippen LogP contribution is -2.49. The zero-order chi connectivity index (χ0) is 19.3. The van der Waals surface area contributed by atoms with Crippen LogP contribution in [0.25, 0.3) is 0 Å². The van der Waals surface area contributed by atoms with Gasteiger partial charge in [0.1, 0.15) is 0 Å². The molecule has 1 aliphatic rings. The van der Waals surface area contributed by atoms with Gasteiger partial charge in [-0.2, -0.15) is 0 Å². The van der Waals surface area contributed by atoms with Crippen molar-refractivity contribution >= 4 is 21.9 Å². The van der Waals surface area contributed by atoms with Crippen LogP contribution >= 0.6 is 0 Å². The largest absolute Gasteiger partial charge is 0.481 e. The van der Waals surface area contributed by atoms with Gasteiger partial charge in [0, 0.05) is 19.1 Å². The molecule has 26 heavy (non-hydrogen) atoms. The van der Waals surface area contributed by atoms with Crippen molar-refractivity contribution in [3.8, 4) is 0 Å². The molecule has 0 saturated carbocycles. The first kappa shape index (κ1) is 20.4. The Morgan fingerprint density at radius 1 is 1.27 bits per heavy atom. The topological polar surface area (TPSA) is 104 Å². The molecule has 1 heterocycles. The monoisotopic (exact) mass is 382 g/mol. The maximum atomic E-state index is 12.7. The lowest BCUT2D eigenvalue weighted by Gasteiger charge is -2.32. The Balaban J connectivity index is 1.99. The van der Waals surface area contributed by atoms with E-state index < -0.39 is 33.9 Å². The van der Waals surface area contributed by atoms with E-state index in [1.54, 1.807) is 31.2 Å². The second-order valence-corrected chi connectivity index (χ2v) is 8.83. The van der Waals surface area contributed by atoms with Crippen molar-refractivity contribution in [2.24, 2.45) is 11.8 Å². The number of carbonyl (C=O) groups is 2. The Kier molecular flexibility index (Phi) is 6.77. The molecule has 7 nitrogen and oxygen atoms in total. The van der Waals surface area contributed by atoms with Gasteiger partial charge in [-0.3, -0.25) is 9.59 Å². The first-order valence-electron chi connectivity index (χ1n) is 8.75. The summed E-state index contributed by atoms with van der Waals surface area (Å²) in [7, 11) is -3.50. The number of piperidine rings is 1. The van der Waals surface area contributed by atoms with Gasteiger partial charge in [-0.1, -0.05) is 30.3 Å². The lowest BCUT2D eigenvalue weighted by atomic mass is 9.97. The molecule has 1 aromatic carbocycles. The molecular formula is C18H26N2O5S. The van der Waals surface area contributed by atoms with E-state index in [1.165, 1.54) is 11.2 Å². The number of sulfonamides is 1. The molecule has 144 valence electrons. The van der Waals surface area contributed by atoms with Crippen LogP contribution < -0.4 is 5.32 Å². The highest BCUT2D eigenvalue weighted by Crippen LogP contribution is 2.22. The highest BCUT2D eigenvalue weighted by atomic mass is 32.2. The van der Waals surface area contributed by atoms with Gasteiger partial charge in [0.05, 0.1) is 17.6 Å². The predicted molar refractivity (Wildman–Crippen MR) is 97.8 cm³/mol. The number of rotatable bonds is 7. The highest BCUT2D eigenvalue weighted by molar-refractivity contribution is 7.88. The first-order valence-corrected chi connectivity index (χ1v) is 10.4. The van der Waals surface area contributed by atoms with Crippen molar-refractivity contribution in [3.05, 3.63) is 35.9 Å². The minimum Gasteiger partial charge on any atom is -0.481 e. The Hall–Kier alpha value is -1.93. The fourth-order valence-electron chi connectivity index (χ4n) is 2.97. The molecule has 2 N–H and O–H groups in total. The third-order valence-electron chi connectivity index (χ3n) is 4.85. The smallest absolute Gasteiger partial charge is 0.308 e. The Bertz CT molecular complexity index is 735. The van der Waals surface area contributed by atoms with E-state index in [-0.39, 0.29) is 18.2 Å². The summed E-state index contributed by atoms with van der Waals surface area (Å²) in [6.07, 6.45) is 1.20. The van der Waals surface area contributed by atoms with Crippen LogP contribution in [0.4, 0.5) is 0 Å². The zero-order valence-corrected chi connectivity index (χ0v) is 15.9. The molecule has 3 atom stereocenters. The molecule has 1 saturated heterocycles. The van der Waals surface area contributed by atoms with Crippen molar-refractivity contribution in [1.29, 1.82) is 0 Å². The number of carbonyl (C=O) groups excluding carboxylic acids is 1. The van der Waals surface area contributed by atoms with Crippen LogP contribution in [0.2, 0.25) is 0 Å². The van der Waals surface area contributed by atoms with Crippen molar-refractivity contribution < 1.29 is 23.1 Å². The lowest BCUT2D eigenvalue weighted by molar-refractivity contribution is -0.142. The number of nitrogens with one attached hydrogen (secondary N) is 1. The van der Waals surface area contributed by atoms with E-state index in [9.17, 15) is 18.0 Å². The second kappa shape index (κ2) is 8.64. The number of carboxylic acid groups (broad SMARTS) is 1. The second-order valence-electron chi connectivity index (χ2n) is 6.86. The molecule has 0 radical (unpaired) electrons. The van der Waals surface area contributed by atoms with E-state index in [0.717, 1.165) is 0 Å². The molecule has 1 aliphatic heterocycles. The third kappa shape index (κ3) is 5.28. The Morgan fingerprint density at radius 3 is 2.54 bits per heavy atom. The van der Waals surface area contributed by atoms with Gasteiger partial charge in [0.2, 0.25) is 15.9 Å². The number of nitrogens with zero attached hydrogens (tertiary/aromatic N) is 1. The number of hydrogen-bond donors (Lipinski definition) is 2. The average molecular weight is 382 g/mol. The summed E-state index contributed by atoms with van der Waals surface area (Å²) in [6, 6.07) is 8.43. The van der Waals surface area contributed by atoms with Crippen LogP contribution in [0, 0.1) is 11.8 Å². The van der Waals surface area contributed by atoms with Gasteiger partial charge in [-0.05, 0) is 32.3 Å². The van der Waals surface area contributed by atoms with Crippen molar-refractivity contribution in [1.82, 2.24) is 9.62 Å². The van der Waals surface area contributed by atoms with Crippen LogP contribution in [0.5, 0.6) is 0 Å². The Morgan fingerprint density at radius 2 is 1.92 bits per heavy atom. The summed E-state index contributed by atoms with van der Waals surface area (Å²) >= 11 is 0. The number of benzene rings is 1. The summed E-state index contributed by atoms with van der Waals surface area (Å²) in [5.74, 6) is -2.52. The molecule has 1 aromatic rings. The molecule has 8 heteroatoms. The summed E-state index contributed by atoms with van der Waals surface area (Å²) in [5.41, 5.74) is 0.711. The summed E-state index contributed by atoms with van der Waals surface area (Å²) in [4.78, 5) is 23.5. The van der Waals surface area contributed by atoms with Crippen molar-refractivity contribution in [3.63, 3.8) is 0 Å². The third-order valence-corrected chi connectivity index (χ3v) is 6.67. The van der Waals surface area contributed by atoms with E-state index in [1.807, 2.05) is 6.07 Å². The molecule has 0 aromatic heterocycles. The molecule has 3 unspecified atom stereocenters. The fraction of sp³-hybridized carbons (Fsp3) is 0.556. The van der Waals surface area contributed by atoms with Gasteiger partial charge in [-0.25, -0.2) is 12.7 Å². The van der Waals surface area contributed by atoms with E-state index in [2.05, 4.69) is 5.32 Å². The minimum atomic E-state index is -3.50. The van der Waals surface area contributed by atoms with Crippen molar-refractivity contribution in [2.75, 3.05) is 13.1 Å². The summed E-state index contributed by atoms with van der Waals surface area (Å²) < 4.78 is 26.7. The maximum absolute atomic E-state index is 12.7. The normalized spacial score (nSPS) is 20.9. The zero-order valence-electron chi connectivity index (χ0n) is 15.1. The van der Waals surface area contributed by atoms with Gasteiger partial charge in [0.15, 0.2) is 0 Å². The van der Waals surface area contributed by atoms with Gasteiger partial charge >= 0.3 is 5.97 Å². The number of amides is 1. The van der Waals surface area contributed by atoms with Gasteiger partial charge in [-0.15, -0.1) is 0 Å². The SMILES string of the molecule is CC(NC(=O)C1CCCN(S(=O)(=O)Cc2ccccc2)C1)C(C)C(=O)O. The minimum absolute atomic E-state index is 0.0887. The van der Waals surface area contributed by atoms with Crippen molar-refractivity contribution in [2.45, 2.75) is 38.5 Å². The highest BCUT2D eigenvalue weighted by Gasteiger charge is 2.33. The fourth-order valence-corrected chi connectivity index (χ4v) is 4.58. The quantitative estimate of drug-likeness (QED) is 0.743. The van der Waals surface area contributed by atoms with Crippen LogP contribution in [-0.4, -0.2) is 48.8 Å². The predicted octanol–water partition coefficient (Wildman–Crippen LogP) is 1.45. The molecule has 1 amide bonds. The van der Waals surface area contributed by atoms with Gasteiger partial charge < -0.3 is 10.4 Å². The number of hydrogen-bond acceptors (Lipinski definition) is 4. The van der Waals surface area contributed by atoms with Crippen LogP contribution in [0.3, 0.4) is 0 Å². The number of aliphatic carboxylic acids is 1. The van der Waals surface area contributed by atoms with Crippen LogP contribution in [-0.2, 0) is 25.4 Å². The number of carboxylic acids is 1. The summed E-state index contributed by atoms with van der Waals surface area (Å²) in [5, 5.41) is 11.7. The van der Waals surface area contributed by atoms with E-state index in [0.29, 0.717) is 24.9 Å². The molecule has 1 fully saturated rings. The molecule has 2 rings (SSSR count). The van der Waals surface area contributed by atoms with E-state index in [4.69, 9.17) is 5.11 Å². The average Bonchev–Trinajstić information content (AvgIpc) is 2.61. The van der Waals surface area contributed by atoms with Crippen LogP contribution in [0.15, 0.2) is 30.3 Å². The molecular weight excluding hydrogens is 356 g/mol. The first-order chi connectivity index (χ1) is 12.2. The van der Waals surface area contributed by atoms with Crippen LogP contribution in [0.1, 0.15) is 32.3 Å². The Labute approximate surface area is 154 Å². The van der Waals surface area contributed by atoms with Gasteiger partial charge in [0.25, 0.3) is 0 Å².